The number of methoxy groups -OCH3 is 1. The molecule has 0 heterocycles. The van der Waals surface area contributed by atoms with Gasteiger partial charge >= 0.3 is 5.97 Å². The number of carboxylic acid groups (broad SMARTS) is 1. The predicted octanol–water partition coefficient (Wildman–Crippen LogP) is 2.10. The fourth-order valence-electron chi connectivity index (χ4n) is 1.36. The van der Waals surface area contributed by atoms with Gasteiger partial charge in [-0.3, -0.25) is 4.79 Å². The molecule has 0 aliphatic heterocycles. The van der Waals surface area contributed by atoms with E-state index in [2.05, 4.69) is 0 Å². The van der Waals surface area contributed by atoms with Crippen LogP contribution in [-0.2, 0) is 14.9 Å². The van der Waals surface area contributed by atoms with Crippen molar-refractivity contribution in [2.45, 2.75) is 12.3 Å². The van der Waals surface area contributed by atoms with E-state index in [9.17, 15) is 4.79 Å². The minimum Gasteiger partial charge on any atom is -0.481 e. The van der Waals surface area contributed by atoms with Gasteiger partial charge in [-0.05, 0) is 12.5 Å². The van der Waals surface area contributed by atoms with Crippen LogP contribution in [0.5, 0.6) is 0 Å². The van der Waals surface area contributed by atoms with Crippen LogP contribution in [-0.4, -0.2) is 24.8 Å². The second-order valence-corrected chi connectivity index (χ2v) is 3.44. The quantitative estimate of drug-likeness (QED) is 0.862. The average molecular weight is 231 g/mol. The molecule has 0 saturated heterocycles. The smallest absolute Gasteiger partial charge is 0.316 e. The number of carboxylic acids is 1. The Morgan fingerprint density at radius 1 is 1.40 bits per heavy atom. The van der Waals surface area contributed by atoms with Gasteiger partial charge in [0, 0.05) is 7.11 Å². The summed E-state index contributed by atoms with van der Waals surface area (Å²) < 4.78 is 4.94. The summed E-state index contributed by atoms with van der Waals surface area (Å²) in [7, 11) is 1.50. The highest BCUT2D eigenvalue weighted by Crippen LogP contribution is 2.24. The standard InChI is InChI=1S/C11H14O3.ClH/c1-11(8-14-2,10(12)13)9-6-4-3-5-7-9;/h3-7H,8H2,1-2H3,(H,12,13);1H. The maximum atomic E-state index is 11.1. The van der Waals surface area contributed by atoms with E-state index in [-0.39, 0.29) is 19.0 Å². The topological polar surface area (TPSA) is 46.5 Å². The van der Waals surface area contributed by atoms with Gasteiger partial charge in [0.15, 0.2) is 0 Å². The summed E-state index contributed by atoms with van der Waals surface area (Å²) >= 11 is 0. The first-order valence-corrected chi connectivity index (χ1v) is 4.39. The lowest BCUT2D eigenvalue weighted by molar-refractivity contribution is -0.145. The number of aliphatic carboxylic acids is 1. The van der Waals surface area contributed by atoms with Crippen molar-refractivity contribution in [1.29, 1.82) is 0 Å². The van der Waals surface area contributed by atoms with Crippen LogP contribution in [0.4, 0.5) is 0 Å². The molecular weight excluding hydrogens is 216 g/mol. The fourth-order valence-corrected chi connectivity index (χ4v) is 1.36. The molecule has 0 spiro atoms. The molecule has 1 atom stereocenters. The number of ether oxygens (including phenoxy) is 1. The van der Waals surface area contributed by atoms with Crippen molar-refractivity contribution in [2.75, 3.05) is 13.7 Å². The second-order valence-electron chi connectivity index (χ2n) is 3.44. The first-order valence-electron chi connectivity index (χ1n) is 4.39. The highest BCUT2D eigenvalue weighted by molar-refractivity contribution is 5.85. The molecule has 0 aromatic heterocycles. The molecule has 0 aliphatic rings. The summed E-state index contributed by atoms with van der Waals surface area (Å²) in [6, 6.07) is 9.11. The van der Waals surface area contributed by atoms with Crippen molar-refractivity contribution in [2.24, 2.45) is 0 Å². The molecular formula is C11H15ClO3. The molecule has 0 aliphatic carbocycles. The van der Waals surface area contributed by atoms with Gasteiger partial charge in [-0.2, -0.15) is 0 Å². The van der Waals surface area contributed by atoms with E-state index in [1.165, 1.54) is 7.11 Å². The molecule has 15 heavy (non-hydrogen) atoms. The van der Waals surface area contributed by atoms with Crippen molar-refractivity contribution >= 4 is 18.4 Å². The van der Waals surface area contributed by atoms with Gasteiger partial charge in [-0.15, -0.1) is 12.4 Å². The molecule has 1 aromatic rings. The van der Waals surface area contributed by atoms with Crippen LogP contribution >= 0.6 is 12.4 Å². The van der Waals surface area contributed by atoms with Gasteiger partial charge in [-0.25, -0.2) is 0 Å². The van der Waals surface area contributed by atoms with Gasteiger partial charge in [0.1, 0.15) is 5.41 Å². The second kappa shape index (κ2) is 5.73. The van der Waals surface area contributed by atoms with E-state index >= 15 is 0 Å². The van der Waals surface area contributed by atoms with Gasteiger partial charge in [0.05, 0.1) is 6.61 Å². The highest BCUT2D eigenvalue weighted by atomic mass is 35.5. The lowest BCUT2D eigenvalue weighted by Crippen LogP contribution is -2.36. The van der Waals surface area contributed by atoms with Crippen LogP contribution in [0.1, 0.15) is 12.5 Å². The summed E-state index contributed by atoms with van der Waals surface area (Å²) in [6.45, 7) is 1.83. The van der Waals surface area contributed by atoms with Crippen molar-refractivity contribution in [1.82, 2.24) is 0 Å². The molecule has 0 bridgehead atoms. The van der Waals surface area contributed by atoms with Crippen molar-refractivity contribution in [3.8, 4) is 0 Å². The molecule has 1 rings (SSSR count). The SMILES string of the molecule is COCC(C)(C(=O)O)c1ccccc1.Cl. The van der Waals surface area contributed by atoms with Crippen LogP contribution in [0.25, 0.3) is 0 Å². The average Bonchev–Trinajstić information content (AvgIpc) is 2.19. The number of carbonyl (C=O) groups is 1. The third-order valence-corrected chi connectivity index (χ3v) is 2.32. The van der Waals surface area contributed by atoms with Crippen LogP contribution in [0.15, 0.2) is 30.3 Å². The Hall–Kier alpha value is -1.06. The van der Waals surface area contributed by atoms with E-state index in [4.69, 9.17) is 9.84 Å². The monoisotopic (exact) mass is 230 g/mol. The molecule has 1 N–H and O–H groups in total. The first-order chi connectivity index (χ1) is 6.61. The molecule has 1 unspecified atom stereocenters. The summed E-state index contributed by atoms with van der Waals surface area (Å²) in [4.78, 5) is 11.1. The van der Waals surface area contributed by atoms with Crippen molar-refractivity contribution in [3.63, 3.8) is 0 Å². The van der Waals surface area contributed by atoms with Gasteiger partial charge < -0.3 is 9.84 Å². The van der Waals surface area contributed by atoms with E-state index in [0.29, 0.717) is 0 Å². The molecule has 0 saturated carbocycles. The van der Waals surface area contributed by atoms with Gasteiger partial charge in [-0.1, -0.05) is 30.3 Å². The van der Waals surface area contributed by atoms with Crippen molar-refractivity contribution < 1.29 is 14.6 Å². The van der Waals surface area contributed by atoms with Gasteiger partial charge in [0.25, 0.3) is 0 Å². The Morgan fingerprint density at radius 2 is 1.93 bits per heavy atom. The third-order valence-electron chi connectivity index (χ3n) is 2.32. The zero-order valence-corrected chi connectivity index (χ0v) is 9.58. The maximum absolute atomic E-state index is 11.1. The molecule has 4 heteroatoms. The zero-order valence-electron chi connectivity index (χ0n) is 8.77. The van der Waals surface area contributed by atoms with E-state index < -0.39 is 11.4 Å². The molecule has 3 nitrogen and oxygen atoms in total. The summed E-state index contributed by atoms with van der Waals surface area (Å²) in [5.41, 5.74) is -0.204. The van der Waals surface area contributed by atoms with Crippen LogP contribution in [0.3, 0.4) is 0 Å². The lowest BCUT2D eigenvalue weighted by atomic mass is 9.83. The Bertz CT molecular complexity index is 313. The lowest BCUT2D eigenvalue weighted by Gasteiger charge is -2.24. The van der Waals surface area contributed by atoms with Crippen LogP contribution < -0.4 is 0 Å². The predicted molar refractivity (Wildman–Crippen MR) is 60.6 cm³/mol. The van der Waals surface area contributed by atoms with Crippen molar-refractivity contribution in [3.05, 3.63) is 35.9 Å². The normalized spacial score (nSPS) is 13.7. The molecule has 0 radical (unpaired) electrons. The van der Waals surface area contributed by atoms with Crippen LogP contribution in [0, 0.1) is 0 Å². The highest BCUT2D eigenvalue weighted by Gasteiger charge is 2.34. The number of hydrogen-bond acceptors (Lipinski definition) is 2. The largest absolute Gasteiger partial charge is 0.481 e. The van der Waals surface area contributed by atoms with E-state index in [1.54, 1.807) is 19.1 Å². The minimum atomic E-state index is -0.962. The fraction of sp³-hybridized carbons (Fsp3) is 0.364. The Kier molecular flexibility index (Phi) is 5.33. The summed E-state index contributed by atoms with van der Waals surface area (Å²) in [5, 5.41) is 9.14. The number of halogens is 1. The third kappa shape index (κ3) is 2.94. The maximum Gasteiger partial charge on any atom is 0.316 e. The van der Waals surface area contributed by atoms with E-state index in [1.807, 2.05) is 18.2 Å². The number of hydrogen-bond donors (Lipinski definition) is 1. The van der Waals surface area contributed by atoms with Crippen LogP contribution in [0.2, 0.25) is 0 Å². The Balaban J connectivity index is 0.00000196. The summed E-state index contributed by atoms with van der Waals surface area (Å²) in [5.74, 6) is -0.870. The zero-order chi connectivity index (χ0) is 10.6. The number of rotatable bonds is 4. The Labute approximate surface area is 95.5 Å². The summed E-state index contributed by atoms with van der Waals surface area (Å²) in [6.07, 6.45) is 0. The molecule has 1 aromatic carbocycles. The molecule has 84 valence electrons. The Morgan fingerprint density at radius 3 is 2.33 bits per heavy atom. The molecule has 0 amide bonds. The molecule has 0 fully saturated rings. The van der Waals surface area contributed by atoms with E-state index in [0.717, 1.165) is 5.56 Å². The number of benzene rings is 1. The van der Waals surface area contributed by atoms with Gasteiger partial charge in [0.2, 0.25) is 0 Å². The minimum absolute atomic E-state index is 0. The first kappa shape index (κ1) is 13.9.